The van der Waals surface area contributed by atoms with E-state index in [4.69, 9.17) is 21.9 Å². The Labute approximate surface area is 115 Å². The first-order valence-corrected chi connectivity index (χ1v) is 6.00. The molecule has 0 unspecified atom stereocenters. The van der Waals surface area contributed by atoms with Crippen molar-refractivity contribution in [1.82, 2.24) is 15.0 Å². The third-order valence-corrected chi connectivity index (χ3v) is 2.66. The Morgan fingerprint density at radius 3 is 2.68 bits per heavy atom. The van der Waals surface area contributed by atoms with Gasteiger partial charge in [0.25, 0.3) is 0 Å². The van der Waals surface area contributed by atoms with Crippen molar-refractivity contribution < 1.29 is 4.52 Å². The van der Waals surface area contributed by atoms with Gasteiger partial charge < -0.3 is 15.2 Å². The van der Waals surface area contributed by atoms with Gasteiger partial charge in [0.15, 0.2) is 5.96 Å². The van der Waals surface area contributed by atoms with Gasteiger partial charge in [-0.2, -0.15) is 4.98 Å². The molecule has 0 spiro atoms. The molecule has 0 atom stereocenters. The highest BCUT2D eigenvalue weighted by molar-refractivity contribution is 6.30. The molecule has 0 saturated heterocycles. The van der Waals surface area contributed by atoms with E-state index in [-0.39, 0.29) is 6.54 Å². The lowest BCUT2D eigenvalue weighted by molar-refractivity contribution is 0.380. The Hall–Kier alpha value is -2.08. The molecule has 100 valence electrons. The second kappa shape index (κ2) is 5.71. The summed E-state index contributed by atoms with van der Waals surface area (Å²) >= 11 is 5.82. The van der Waals surface area contributed by atoms with E-state index in [9.17, 15) is 0 Å². The maximum Gasteiger partial charge on any atom is 0.248 e. The van der Waals surface area contributed by atoms with Crippen molar-refractivity contribution in [1.29, 1.82) is 0 Å². The van der Waals surface area contributed by atoms with E-state index in [1.165, 1.54) is 0 Å². The van der Waals surface area contributed by atoms with Crippen molar-refractivity contribution in [3.63, 3.8) is 0 Å². The molecule has 1 aromatic heterocycles. The zero-order valence-corrected chi connectivity index (χ0v) is 11.4. The Balaban J connectivity index is 2.11. The first-order chi connectivity index (χ1) is 9.06. The lowest BCUT2D eigenvalue weighted by Crippen LogP contribution is -2.30. The summed E-state index contributed by atoms with van der Waals surface area (Å²) in [7, 11) is 3.62. The molecule has 0 aliphatic rings. The highest BCUT2D eigenvalue weighted by Crippen LogP contribution is 2.18. The zero-order valence-electron chi connectivity index (χ0n) is 10.7. The molecule has 2 N–H and O–H groups in total. The van der Waals surface area contributed by atoms with Crippen molar-refractivity contribution in [2.45, 2.75) is 6.54 Å². The molecule has 2 aromatic rings. The zero-order chi connectivity index (χ0) is 13.8. The van der Waals surface area contributed by atoms with Gasteiger partial charge in [0.1, 0.15) is 6.54 Å². The van der Waals surface area contributed by atoms with Crippen LogP contribution in [-0.2, 0) is 6.54 Å². The van der Waals surface area contributed by atoms with Crippen molar-refractivity contribution in [3.05, 3.63) is 35.2 Å². The fraction of sp³-hybridized carbons (Fsp3) is 0.250. The summed E-state index contributed by atoms with van der Waals surface area (Å²) in [5.41, 5.74) is 6.51. The normalized spacial score (nSPS) is 11.6. The average Bonchev–Trinajstić information content (AvgIpc) is 2.85. The molecule has 0 aliphatic heterocycles. The summed E-state index contributed by atoms with van der Waals surface area (Å²) in [6.45, 7) is 0.255. The predicted octanol–water partition coefficient (Wildman–Crippen LogP) is 1.77. The summed E-state index contributed by atoms with van der Waals surface area (Å²) in [6, 6.07) is 7.20. The van der Waals surface area contributed by atoms with Gasteiger partial charge in [0.2, 0.25) is 11.7 Å². The van der Waals surface area contributed by atoms with E-state index in [2.05, 4.69) is 15.1 Å². The second-order valence-corrected chi connectivity index (χ2v) is 4.52. The number of guanidine groups is 1. The number of hydrogen-bond donors (Lipinski definition) is 1. The molecule has 0 fully saturated rings. The lowest BCUT2D eigenvalue weighted by Gasteiger charge is -2.09. The van der Waals surface area contributed by atoms with Gasteiger partial charge in [0.05, 0.1) is 0 Å². The van der Waals surface area contributed by atoms with Gasteiger partial charge in [-0.05, 0) is 24.3 Å². The Morgan fingerprint density at radius 2 is 2.05 bits per heavy atom. The topological polar surface area (TPSA) is 80.5 Å². The number of benzene rings is 1. The maximum absolute atomic E-state index is 5.82. The van der Waals surface area contributed by atoms with E-state index >= 15 is 0 Å². The SMILES string of the molecule is CN(C)C(N)=NCc1nc(-c2ccc(Cl)cc2)no1. The molecular formula is C12H14ClN5O. The molecule has 0 amide bonds. The summed E-state index contributed by atoms with van der Waals surface area (Å²) in [5, 5.41) is 4.55. The van der Waals surface area contributed by atoms with Crippen LogP contribution in [-0.4, -0.2) is 35.1 Å². The van der Waals surface area contributed by atoms with Crippen LogP contribution in [0.1, 0.15) is 5.89 Å². The number of hydrogen-bond acceptors (Lipinski definition) is 4. The molecule has 1 aromatic carbocycles. The molecule has 1 heterocycles. The van der Waals surface area contributed by atoms with Crippen molar-refractivity contribution in [3.8, 4) is 11.4 Å². The van der Waals surface area contributed by atoms with Gasteiger partial charge in [0, 0.05) is 24.7 Å². The lowest BCUT2D eigenvalue weighted by atomic mass is 10.2. The van der Waals surface area contributed by atoms with Crippen LogP contribution in [0.2, 0.25) is 5.02 Å². The first kappa shape index (κ1) is 13.4. The van der Waals surface area contributed by atoms with Crippen LogP contribution in [0, 0.1) is 0 Å². The maximum atomic E-state index is 5.82. The Kier molecular flexibility index (Phi) is 4.01. The summed E-state index contributed by atoms with van der Waals surface area (Å²) < 4.78 is 5.10. The second-order valence-electron chi connectivity index (χ2n) is 4.09. The van der Waals surface area contributed by atoms with E-state index in [1.54, 1.807) is 17.0 Å². The van der Waals surface area contributed by atoms with Crippen LogP contribution in [0.15, 0.2) is 33.8 Å². The fourth-order valence-electron chi connectivity index (χ4n) is 1.33. The number of nitrogens with zero attached hydrogens (tertiary/aromatic N) is 4. The van der Waals surface area contributed by atoms with Gasteiger partial charge in [-0.3, -0.25) is 0 Å². The van der Waals surface area contributed by atoms with Gasteiger partial charge >= 0.3 is 0 Å². The quantitative estimate of drug-likeness (QED) is 0.684. The van der Waals surface area contributed by atoms with Crippen LogP contribution < -0.4 is 5.73 Å². The number of aromatic nitrogens is 2. The van der Waals surface area contributed by atoms with E-state index in [0.717, 1.165) is 5.56 Å². The van der Waals surface area contributed by atoms with E-state index < -0.39 is 0 Å². The monoisotopic (exact) mass is 279 g/mol. The number of aliphatic imine (C=N–C) groups is 1. The number of rotatable bonds is 3. The highest BCUT2D eigenvalue weighted by Gasteiger charge is 2.08. The smallest absolute Gasteiger partial charge is 0.248 e. The largest absolute Gasteiger partial charge is 0.370 e. The Bertz CT molecular complexity index is 576. The minimum absolute atomic E-state index is 0.255. The summed E-state index contributed by atoms with van der Waals surface area (Å²) in [6.07, 6.45) is 0. The van der Waals surface area contributed by atoms with E-state index in [0.29, 0.717) is 22.7 Å². The molecule has 0 radical (unpaired) electrons. The molecule has 0 bridgehead atoms. The summed E-state index contributed by atoms with van der Waals surface area (Å²) in [5.74, 6) is 1.33. The van der Waals surface area contributed by atoms with E-state index in [1.807, 2.05) is 26.2 Å². The predicted molar refractivity (Wildman–Crippen MR) is 73.8 cm³/mol. The van der Waals surface area contributed by atoms with Crippen LogP contribution in [0.5, 0.6) is 0 Å². The molecule has 2 rings (SSSR count). The van der Waals surface area contributed by atoms with Crippen LogP contribution in [0.25, 0.3) is 11.4 Å². The molecule has 0 aliphatic carbocycles. The minimum Gasteiger partial charge on any atom is -0.370 e. The van der Waals surface area contributed by atoms with Gasteiger partial charge in [-0.15, -0.1) is 0 Å². The van der Waals surface area contributed by atoms with Crippen molar-refractivity contribution in [2.24, 2.45) is 10.7 Å². The standard InChI is InChI=1S/C12H14ClN5O/c1-18(2)12(14)15-7-10-16-11(17-19-10)8-3-5-9(13)6-4-8/h3-6H,7H2,1-2H3,(H2,14,15). The molecular weight excluding hydrogens is 266 g/mol. The molecule has 19 heavy (non-hydrogen) atoms. The third-order valence-electron chi connectivity index (χ3n) is 2.41. The molecule has 0 saturated carbocycles. The number of nitrogens with two attached hydrogens (primary N) is 1. The van der Waals surface area contributed by atoms with Crippen LogP contribution in [0.4, 0.5) is 0 Å². The minimum atomic E-state index is 0.255. The Morgan fingerprint density at radius 1 is 1.37 bits per heavy atom. The van der Waals surface area contributed by atoms with Crippen LogP contribution in [0.3, 0.4) is 0 Å². The molecule has 7 heteroatoms. The third kappa shape index (κ3) is 3.45. The first-order valence-electron chi connectivity index (χ1n) is 5.62. The molecule has 6 nitrogen and oxygen atoms in total. The highest BCUT2D eigenvalue weighted by atomic mass is 35.5. The van der Waals surface area contributed by atoms with Crippen molar-refractivity contribution in [2.75, 3.05) is 14.1 Å². The summed E-state index contributed by atoms with van der Waals surface area (Å²) in [4.78, 5) is 10.1. The number of halogens is 1. The van der Waals surface area contributed by atoms with Gasteiger partial charge in [-0.25, -0.2) is 4.99 Å². The average molecular weight is 280 g/mol. The van der Waals surface area contributed by atoms with Crippen molar-refractivity contribution >= 4 is 17.6 Å². The van der Waals surface area contributed by atoms with Gasteiger partial charge in [-0.1, -0.05) is 16.8 Å². The fourth-order valence-corrected chi connectivity index (χ4v) is 1.45. The van der Waals surface area contributed by atoms with Crippen LogP contribution >= 0.6 is 11.6 Å².